The van der Waals surface area contributed by atoms with Gasteiger partial charge >= 0.3 is 5.97 Å². The Labute approximate surface area is 109 Å². The first-order chi connectivity index (χ1) is 8.51. The Morgan fingerprint density at radius 2 is 2.00 bits per heavy atom. The normalized spacial score (nSPS) is 18.0. The average molecular weight is 256 g/mol. The van der Waals surface area contributed by atoms with Gasteiger partial charge < -0.3 is 15.4 Å². The first-order valence-corrected chi connectivity index (χ1v) is 6.72. The van der Waals surface area contributed by atoms with E-state index in [1.165, 1.54) is 0 Å². The van der Waals surface area contributed by atoms with Crippen LogP contribution >= 0.6 is 0 Å². The van der Waals surface area contributed by atoms with Gasteiger partial charge in [-0.15, -0.1) is 0 Å². The van der Waals surface area contributed by atoms with E-state index >= 15 is 0 Å². The molecule has 0 heterocycles. The van der Waals surface area contributed by atoms with E-state index < -0.39 is 6.04 Å². The van der Waals surface area contributed by atoms with Gasteiger partial charge in [-0.05, 0) is 25.7 Å². The minimum Gasteiger partial charge on any atom is -0.465 e. The van der Waals surface area contributed by atoms with Gasteiger partial charge in [0.1, 0.15) is 6.54 Å². The predicted molar refractivity (Wildman–Crippen MR) is 68.8 cm³/mol. The minimum atomic E-state index is -0.523. The Hall–Kier alpha value is -1.10. The monoisotopic (exact) mass is 256 g/mol. The van der Waals surface area contributed by atoms with E-state index in [-0.39, 0.29) is 30.4 Å². The van der Waals surface area contributed by atoms with Gasteiger partial charge in [-0.3, -0.25) is 9.59 Å². The number of hydrogen-bond acceptors (Lipinski definition) is 4. The first-order valence-electron chi connectivity index (χ1n) is 6.72. The van der Waals surface area contributed by atoms with Crippen molar-refractivity contribution in [3.63, 3.8) is 0 Å². The molecule has 0 radical (unpaired) electrons. The molecule has 104 valence electrons. The molecular weight excluding hydrogens is 232 g/mol. The number of amides is 1. The lowest BCUT2D eigenvalue weighted by Gasteiger charge is -2.27. The molecule has 0 aromatic carbocycles. The molecule has 0 aromatic heterocycles. The lowest BCUT2D eigenvalue weighted by molar-refractivity contribution is -0.150. The van der Waals surface area contributed by atoms with Crippen LogP contribution in [0.4, 0.5) is 0 Å². The molecule has 2 N–H and O–H groups in total. The quantitative estimate of drug-likeness (QED) is 0.687. The number of rotatable bonds is 7. The second kappa shape index (κ2) is 6.73. The van der Waals surface area contributed by atoms with Crippen LogP contribution in [0, 0.1) is 5.92 Å². The fourth-order valence-corrected chi connectivity index (χ4v) is 1.81. The lowest BCUT2D eigenvalue weighted by atomic mass is 9.99. The summed E-state index contributed by atoms with van der Waals surface area (Å²) in [6.45, 7) is 6.08. The standard InChI is InChI=1S/C13H24N2O3/c1-4-9(3)12(14)13(17)15(10-6-7-10)8-11(16)18-5-2/h9-10,12H,4-8,14H2,1-3H3. The van der Waals surface area contributed by atoms with Crippen LogP contribution in [0.5, 0.6) is 0 Å². The molecule has 5 heteroatoms. The van der Waals surface area contributed by atoms with Gasteiger partial charge in [0, 0.05) is 6.04 Å². The lowest BCUT2D eigenvalue weighted by Crippen LogP contribution is -2.49. The Morgan fingerprint density at radius 3 is 2.44 bits per heavy atom. The van der Waals surface area contributed by atoms with Gasteiger partial charge in [0.25, 0.3) is 0 Å². The summed E-state index contributed by atoms with van der Waals surface area (Å²) in [5, 5.41) is 0. The van der Waals surface area contributed by atoms with Crippen molar-refractivity contribution in [1.29, 1.82) is 0 Å². The molecule has 5 nitrogen and oxygen atoms in total. The average Bonchev–Trinajstić information content (AvgIpc) is 3.17. The molecule has 0 spiro atoms. The molecule has 0 saturated heterocycles. The van der Waals surface area contributed by atoms with E-state index in [0.29, 0.717) is 6.61 Å². The smallest absolute Gasteiger partial charge is 0.325 e. The van der Waals surface area contributed by atoms with Crippen molar-refractivity contribution in [2.24, 2.45) is 11.7 Å². The Kier molecular flexibility index (Phi) is 5.59. The van der Waals surface area contributed by atoms with Gasteiger partial charge in [-0.2, -0.15) is 0 Å². The van der Waals surface area contributed by atoms with Crippen LogP contribution < -0.4 is 5.73 Å². The number of hydrogen-bond donors (Lipinski definition) is 1. The number of ether oxygens (including phenoxy) is 1. The maximum Gasteiger partial charge on any atom is 0.325 e. The Balaban J connectivity index is 2.61. The summed E-state index contributed by atoms with van der Waals surface area (Å²) in [4.78, 5) is 25.3. The largest absolute Gasteiger partial charge is 0.465 e. The molecule has 0 aliphatic heterocycles. The SMILES string of the molecule is CCOC(=O)CN(C(=O)C(N)C(C)CC)C1CC1. The van der Waals surface area contributed by atoms with Crippen molar-refractivity contribution in [3.05, 3.63) is 0 Å². The van der Waals surface area contributed by atoms with Crippen LogP contribution in [-0.2, 0) is 14.3 Å². The highest BCUT2D eigenvalue weighted by molar-refractivity contribution is 5.86. The third-order valence-electron chi connectivity index (χ3n) is 3.42. The zero-order valence-corrected chi connectivity index (χ0v) is 11.5. The molecular formula is C13H24N2O3. The second-order valence-electron chi connectivity index (χ2n) is 4.91. The van der Waals surface area contributed by atoms with E-state index in [2.05, 4.69) is 0 Å². The highest BCUT2D eigenvalue weighted by atomic mass is 16.5. The van der Waals surface area contributed by atoms with E-state index in [0.717, 1.165) is 19.3 Å². The molecule has 2 unspecified atom stereocenters. The van der Waals surface area contributed by atoms with E-state index in [1.807, 2.05) is 13.8 Å². The summed E-state index contributed by atoms with van der Waals surface area (Å²) >= 11 is 0. The summed E-state index contributed by atoms with van der Waals surface area (Å²) in [5.74, 6) is -0.352. The molecule has 1 aliphatic carbocycles. The van der Waals surface area contributed by atoms with Crippen molar-refractivity contribution in [3.8, 4) is 0 Å². The predicted octanol–water partition coefficient (Wildman–Crippen LogP) is 0.914. The third-order valence-corrected chi connectivity index (χ3v) is 3.42. The van der Waals surface area contributed by atoms with Crippen LogP contribution in [0.3, 0.4) is 0 Å². The van der Waals surface area contributed by atoms with Crippen molar-refractivity contribution in [2.75, 3.05) is 13.2 Å². The Bertz CT molecular complexity index is 303. The van der Waals surface area contributed by atoms with Crippen molar-refractivity contribution in [1.82, 2.24) is 4.90 Å². The Morgan fingerprint density at radius 1 is 1.39 bits per heavy atom. The summed E-state index contributed by atoms with van der Waals surface area (Å²) < 4.78 is 4.89. The number of nitrogens with zero attached hydrogens (tertiary/aromatic N) is 1. The van der Waals surface area contributed by atoms with Crippen molar-refractivity contribution in [2.45, 2.75) is 52.1 Å². The summed E-state index contributed by atoms with van der Waals surface area (Å²) in [7, 11) is 0. The van der Waals surface area contributed by atoms with Gasteiger partial charge in [0.2, 0.25) is 5.91 Å². The number of carbonyl (C=O) groups is 2. The fourth-order valence-electron chi connectivity index (χ4n) is 1.81. The maximum absolute atomic E-state index is 12.3. The molecule has 18 heavy (non-hydrogen) atoms. The van der Waals surface area contributed by atoms with Gasteiger partial charge in [-0.1, -0.05) is 20.3 Å². The van der Waals surface area contributed by atoms with Gasteiger partial charge in [-0.25, -0.2) is 0 Å². The molecule has 1 amide bonds. The number of esters is 1. The van der Waals surface area contributed by atoms with Crippen LogP contribution in [0.2, 0.25) is 0 Å². The summed E-state index contributed by atoms with van der Waals surface area (Å²) in [5.41, 5.74) is 5.94. The van der Waals surface area contributed by atoms with Crippen LogP contribution in [-0.4, -0.2) is 42.0 Å². The molecule has 2 atom stereocenters. The highest BCUT2D eigenvalue weighted by Crippen LogP contribution is 2.28. The first kappa shape index (κ1) is 15.0. The van der Waals surface area contributed by atoms with Crippen LogP contribution in [0.15, 0.2) is 0 Å². The maximum atomic E-state index is 12.3. The topological polar surface area (TPSA) is 72.6 Å². The van der Waals surface area contributed by atoms with Crippen molar-refractivity contribution >= 4 is 11.9 Å². The van der Waals surface area contributed by atoms with Gasteiger partial charge in [0.15, 0.2) is 0 Å². The van der Waals surface area contributed by atoms with Gasteiger partial charge in [0.05, 0.1) is 12.6 Å². The van der Waals surface area contributed by atoms with Crippen molar-refractivity contribution < 1.29 is 14.3 Å². The third kappa shape index (κ3) is 3.98. The summed E-state index contributed by atoms with van der Waals surface area (Å²) in [6.07, 6.45) is 2.77. The minimum absolute atomic E-state index is 0.0292. The second-order valence-corrected chi connectivity index (χ2v) is 4.91. The number of nitrogens with two attached hydrogens (primary N) is 1. The number of carbonyl (C=O) groups excluding carboxylic acids is 2. The molecule has 1 saturated carbocycles. The van der Waals surface area contributed by atoms with E-state index in [4.69, 9.17) is 10.5 Å². The molecule has 1 rings (SSSR count). The van der Waals surface area contributed by atoms with Crippen LogP contribution in [0.1, 0.15) is 40.0 Å². The fraction of sp³-hybridized carbons (Fsp3) is 0.846. The van der Waals surface area contributed by atoms with E-state index in [1.54, 1.807) is 11.8 Å². The summed E-state index contributed by atoms with van der Waals surface area (Å²) in [6, 6.07) is -0.345. The zero-order valence-electron chi connectivity index (χ0n) is 11.5. The molecule has 1 fully saturated rings. The highest BCUT2D eigenvalue weighted by Gasteiger charge is 2.37. The zero-order chi connectivity index (χ0) is 13.7. The molecule has 1 aliphatic rings. The van der Waals surface area contributed by atoms with E-state index in [9.17, 15) is 9.59 Å². The van der Waals surface area contributed by atoms with Crippen LogP contribution in [0.25, 0.3) is 0 Å². The molecule has 0 bridgehead atoms. The molecule has 0 aromatic rings.